The molecule has 3 unspecified atom stereocenters. The van der Waals surface area contributed by atoms with Crippen molar-refractivity contribution >= 4 is 23.9 Å². The molecule has 3 atom stereocenters. The van der Waals surface area contributed by atoms with Crippen LogP contribution < -0.4 is 5.32 Å². The van der Waals surface area contributed by atoms with E-state index in [2.05, 4.69) is 5.32 Å². The van der Waals surface area contributed by atoms with Crippen LogP contribution >= 0.6 is 0 Å². The summed E-state index contributed by atoms with van der Waals surface area (Å²) in [6.45, 7) is -0.0305. The lowest BCUT2D eigenvalue weighted by Crippen LogP contribution is -2.44. The zero-order valence-corrected chi connectivity index (χ0v) is 21.2. The fourth-order valence-electron chi connectivity index (χ4n) is 5.14. The smallest absolute Gasteiger partial charge is 0.338 e. The largest absolute Gasteiger partial charge is 0.456 e. The molecule has 198 valence electrons. The second-order valence-electron chi connectivity index (χ2n) is 10.4. The topological polar surface area (TPSA) is 114 Å². The van der Waals surface area contributed by atoms with E-state index in [9.17, 15) is 14.4 Å². The minimum Gasteiger partial charge on any atom is -0.456 e. The van der Waals surface area contributed by atoms with Crippen molar-refractivity contribution in [2.45, 2.75) is 56.2 Å². The van der Waals surface area contributed by atoms with E-state index >= 15 is 0 Å². The summed E-state index contributed by atoms with van der Waals surface area (Å²) in [5, 5.41) is 11.8. The lowest BCUT2D eigenvalue weighted by Gasteiger charge is -2.31. The van der Waals surface area contributed by atoms with E-state index in [1.54, 1.807) is 50.5 Å². The zero-order chi connectivity index (χ0) is 26.2. The molecule has 1 aliphatic heterocycles. The molecule has 37 heavy (non-hydrogen) atoms. The summed E-state index contributed by atoms with van der Waals surface area (Å²) in [6.07, 6.45) is 7.56. The Morgan fingerprint density at radius 2 is 1.89 bits per heavy atom. The van der Waals surface area contributed by atoms with Crippen LogP contribution in [0.5, 0.6) is 0 Å². The van der Waals surface area contributed by atoms with Gasteiger partial charge in [-0.25, -0.2) is 4.79 Å². The molecule has 1 saturated heterocycles. The first-order valence-electron chi connectivity index (χ1n) is 13.0. The van der Waals surface area contributed by atoms with Gasteiger partial charge in [-0.3, -0.25) is 9.59 Å². The van der Waals surface area contributed by atoms with Crippen molar-refractivity contribution in [3.05, 3.63) is 53.1 Å². The van der Waals surface area contributed by atoms with Crippen LogP contribution in [-0.2, 0) is 23.8 Å². The molecule has 1 aromatic rings. The highest BCUT2D eigenvalue weighted by Gasteiger charge is 2.64. The maximum atomic E-state index is 13.2. The first-order chi connectivity index (χ1) is 17.8. The number of likely N-dealkylation sites (N-methyl/N-ethyl adjacent to an activating group) is 1. The summed E-state index contributed by atoms with van der Waals surface area (Å²) in [5.41, 5.74) is 1.49. The quantitative estimate of drug-likeness (QED) is 0.386. The van der Waals surface area contributed by atoms with Gasteiger partial charge in [-0.15, -0.1) is 0 Å². The van der Waals surface area contributed by atoms with E-state index < -0.39 is 30.1 Å². The Labute approximate surface area is 216 Å². The number of aliphatic hydroxyl groups is 1. The summed E-state index contributed by atoms with van der Waals surface area (Å²) in [4.78, 5) is 39.3. The standard InChI is InChI=1S/C28H34N2O7/c1-30(2)24(32)11-6-17-4-3-5-18(14-17)27(34)35-22-15-19(26(33)29-12-13-31)16-23-25(22)37-28(36-23,20-7-8-20)21-9-10-21/h3-6,11,14,16,20-23,25,31H,7-10,12-13,15H2,1-2H3,(H,29,33). The number of nitrogens with zero attached hydrogens (tertiary/aromatic N) is 1. The molecule has 2 amide bonds. The maximum Gasteiger partial charge on any atom is 0.338 e. The number of rotatable bonds is 9. The summed E-state index contributed by atoms with van der Waals surface area (Å²) < 4.78 is 19.1. The number of esters is 1. The Kier molecular flexibility index (Phi) is 7.20. The molecule has 0 aromatic heterocycles. The van der Waals surface area contributed by atoms with E-state index in [1.165, 1.54) is 11.0 Å². The van der Waals surface area contributed by atoms with E-state index in [1.807, 2.05) is 0 Å². The summed E-state index contributed by atoms with van der Waals surface area (Å²) in [7, 11) is 3.33. The molecule has 2 saturated carbocycles. The summed E-state index contributed by atoms with van der Waals surface area (Å²) >= 11 is 0. The molecule has 1 aromatic carbocycles. The van der Waals surface area contributed by atoms with Crippen molar-refractivity contribution in [1.82, 2.24) is 10.2 Å². The van der Waals surface area contributed by atoms with Crippen molar-refractivity contribution in [1.29, 1.82) is 0 Å². The van der Waals surface area contributed by atoms with Gasteiger partial charge >= 0.3 is 5.97 Å². The van der Waals surface area contributed by atoms with E-state index in [4.69, 9.17) is 19.3 Å². The van der Waals surface area contributed by atoms with Crippen molar-refractivity contribution in [2.75, 3.05) is 27.2 Å². The normalized spacial score (nSPS) is 26.4. The highest BCUT2D eigenvalue weighted by molar-refractivity contribution is 5.95. The Hall–Kier alpha value is -3.01. The van der Waals surface area contributed by atoms with E-state index in [0.717, 1.165) is 25.7 Å². The Balaban J connectivity index is 1.35. The molecule has 3 fully saturated rings. The monoisotopic (exact) mass is 510 g/mol. The summed E-state index contributed by atoms with van der Waals surface area (Å²) in [5.74, 6) is -1.02. The average Bonchev–Trinajstić information content (AvgIpc) is 3.82. The molecule has 4 aliphatic rings. The third-order valence-electron chi connectivity index (χ3n) is 7.34. The van der Waals surface area contributed by atoms with Gasteiger partial charge in [-0.2, -0.15) is 0 Å². The molecule has 1 heterocycles. The fraction of sp³-hybridized carbons (Fsp3) is 0.536. The number of nitrogens with one attached hydrogen (secondary N) is 1. The van der Waals surface area contributed by atoms with Gasteiger partial charge in [0.2, 0.25) is 11.8 Å². The highest BCUT2D eigenvalue weighted by Crippen LogP contribution is 2.59. The number of hydrogen-bond acceptors (Lipinski definition) is 7. The predicted molar refractivity (Wildman–Crippen MR) is 134 cm³/mol. The molecular weight excluding hydrogens is 476 g/mol. The molecule has 0 spiro atoms. The van der Waals surface area contributed by atoms with E-state index in [0.29, 0.717) is 28.5 Å². The number of amides is 2. The van der Waals surface area contributed by atoms with Crippen molar-refractivity contribution < 1.29 is 33.7 Å². The molecule has 3 aliphatic carbocycles. The van der Waals surface area contributed by atoms with Crippen LogP contribution in [-0.4, -0.2) is 79.1 Å². The third-order valence-corrected chi connectivity index (χ3v) is 7.34. The van der Waals surface area contributed by atoms with Crippen LogP contribution in [0, 0.1) is 11.8 Å². The minimum absolute atomic E-state index is 0.136. The molecule has 2 N–H and O–H groups in total. The number of aliphatic hydroxyl groups excluding tert-OH is 1. The lowest BCUT2D eigenvalue weighted by atomic mass is 9.91. The van der Waals surface area contributed by atoms with Gasteiger partial charge in [0.15, 0.2) is 5.79 Å². The zero-order valence-electron chi connectivity index (χ0n) is 21.2. The molecule has 0 radical (unpaired) electrons. The second kappa shape index (κ2) is 10.4. The van der Waals surface area contributed by atoms with Gasteiger partial charge in [0, 0.05) is 50.5 Å². The van der Waals surface area contributed by atoms with Gasteiger partial charge in [0.25, 0.3) is 0 Å². The minimum atomic E-state index is -0.703. The predicted octanol–water partition coefficient (Wildman–Crippen LogP) is 2.05. The van der Waals surface area contributed by atoms with Crippen LogP contribution in [0.15, 0.2) is 42.0 Å². The Bertz CT molecular complexity index is 1110. The van der Waals surface area contributed by atoms with Crippen LogP contribution in [0.25, 0.3) is 6.08 Å². The number of carbonyl (C=O) groups excluding carboxylic acids is 3. The number of ether oxygens (including phenoxy) is 3. The van der Waals surface area contributed by atoms with E-state index in [-0.39, 0.29) is 31.4 Å². The number of benzene rings is 1. The maximum absolute atomic E-state index is 13.2. The van der Waals surface area contributed by atoms with Crippen molar-refractivity contribution in [3.8, 4) is 0 Å². The SMILES string of the molecule is CN(C)C(=O)C=Cc1cccc(C(=O)OC2CC(C(=O)NCCO)=CC3OC(C4CC4)(C4CC4)OC32)c1. The van der Waals surface area contributed by atoms with Gasteiger partial charge in [0.05, 0.1) is 12.2 Å². The highest BCUT2D eigenvalue weighted by atomic mass is 16.8. The molecule has 0 bridgehead atoms. The number of hydrogen-bond donors (Lipinski definition) is 2. The lowest BCUT2D eigenvalue weighted by molar-refractivity contribution is -0.209. The first kappa shape index (κ1) is 25.6. The van der Waals surface area contributed by atoms with Gasteiger partial charge < -0.3 is 29.5 Å². The second-order valence-corrected chi connectivity index (χ2v) is 10.4. The molecule has 9 heteroatoms. The molecular formula is C28H34N2O7. The summed E-state index contributed by atoms with van der Waals surface area (Å²) in [6, 6.07) is 6.85. The van der Waals surface area contributed by atoms with Gasteiger partial charge in [-0.1, -0.05) is 12.1 Å². The van der Waals surface area contributed by atoms with Gasteiger partial charge in [-0.05, 0) is 55.5 Å². The van der Waals surface area contributed by atoms with Crippen LogP contribution in [0.3, 0.4) is 0 Å². The number of carbonyl (C=O) groups is 3. The molecule has 9 nitrogen and oxygen atoms in total. The molecule has 5 rings (SSSR count). The van der Waals surface area contributed by atoms with Gasteiger partial charge in [0.1, 0.15) is 18.3 Å². The van der Waals surface area contributed by atoms with Crippen LogP contribution in [0.2, 0.25) is 0 Å². The fourth-order valence-corrected chi connectivity index (χ4v) is 5.14. The Morgan fingerprint density at radius 3 is 2.54 bits per heavy atom. The Morgan fingerprint density at radius 1 is 1.16 bits per heavy atom. The average molecular weight is 511 g/mol. The van der Waals surface area contributed by atoms with Crippen molar-refractivity contribution in [3.63, 3.8) is 0 Å². The first-order valence-corrected chi connectivity index (χ1v) is 13.0. The third kappa shape index (κ3) is 5.49. The van der Waals surface area contributed by atoms with Crippen LogP contribution in [0.4, 0.5) is 0 Å². The van der Waals surface area contributed by atoms with Crippen molar-refractivity contribution in [2.24, 2.45) is 11.8 Å². The van der Waals surface area contributed by atoms with Crippen LogP contribution in [0.1, 0.15) is 48.0 Å². The number of fused-ring (bicyclic) bond motifs is 1.